The van der Waals surface area contributed by atoms with Crippen molar-refractivity contribution >= 4 is 15.7 Å². The summed E-state index contributed by atoms with van der Waals surface area (Å²) in [4.78, 5) is 11.7. The number of rotatable bonds is 5. The SMILES string of the molecule is Cc1ccc(C)c(OCC(=O)NCC2CCS(=O)(=O)C2)c1. The van der Waals surface area contributed by atoms with Crippen molar-refractivity contribution in [2.75, 3.05) is 24.7 Å². The van der Waals surface area contributed by atoms with Crippen molar-refractivity contribution in [2.24, 2.45) is 5.92 Å². The number of benzene rings is 1. The lowest BCUT2D eigenvalue weighted by atomic mass is 10.1. The number of carbonyl (C=O) groups excluding carboxylic acids is 1. The second-order valence-corrected chi connectivity index (χ2v) is 7.86. The van der Waals surface area contributed by atoms with Crippen molar-refractivity contribution < 1.29 is 17.9 Å². The van der Waals surface area contributed by atoms with Gasteiger partial charge in [0.05, 0.1) is 11.5 Å². The van der Waals surface area contributed by atoms with Crippen molar-refractivity contribution in [1.29, 1.82) is 0 Å². The van der Waals surface area contributed by atoms with Gasteiger partial charge in [0.25, 0.3) is 5.91 Å². The maximum atomic E-state index is 11.7. The molecular weight excluding hydrogens is 290 g/mol. The predicted molar refractivity (Wildman–Crippen MR) is 81.2 cm³/mol. The lowest BCUT2D eigenvalue weighted by Crippen LogP contribution is -2.33. The third-order valence-electron chi connectivity index (χ3n) is 3.62. The number of ether oxygens (including phenoxy) is 1. The molecule has 6 heteroatoms. The Labute approximate surface area is 125 Å². The first-order chi connectivity index (χ1) is 9.85. The van der Waals surface area contributed by atoms with Gasteiger partial charge in [0.2, 0.25) is 0 Å². The number of nitrogens with one attached hydrogen (secondary N) is 1. The highest BCUT2D eigenvalue weighted by molar-refractivity contribution is 7.91. The minimum absolute atomic E-state index is 0.0275. The van der Waals surface area contributed by atoms with Crippen LogP contribution >= 0.6 is 0 Å². The molecule has 1 aromatic rings. The zero-order chi connectivity index (χ0) is 15.5. The zero-order valence-electron chi connectivity index (χ0n) is 12.4. The quantitative estimate of drug-likeness (QED) is 0.888. The molecule has 1 aromatic carbocycles. The summed E-state index contributed by atoms with van der Waals surface area (Å²) < 4.78 is 28.2. The molecule has 0 bridgehead atoms. The van der Waals surface area contributed by atoms with Gasteiger partial charge < -0.3 is 10.1 Å². The number of carbonyl (C=O) groups is 1. The second kappa shape index (κ2) is 6.47. The van der Waals surface area contributed by atoms with Crippen LogP contribution in [-0.2, 0) is 14.6 Å². The first-order valence-corrected chi connectivity index (χ1v) is 8.85. The minimum atomic E-state index is -2.89. The molecule has 21 heavy (non-hydrogen) atoms. The van der Waals surface area contributed by atoms with Gasteiger partial charge in [-0.2, -0.15) is 0 Å². The maximum absolute atomic E-state index is 11.7. The molecule has 1 heterocycles. The van der Waals surface area contributed by atoms with Gasteiger partial charge in [-0.1, -0.05) is 12.1 Å². The average molecular weight is 311 g/mol. The summed E-state index contributed by atoms with van der Waals surface area (Å²) in [5, 5.41) is 2.74. The highest BCUT2D eigenvalue weighted by Gasteiger charge is 2.27. The standard InChI is InChI=1S/C15H21NO4S/c1-11-3-4-12(2)14(7-11)20-9-15(17)16-8-13-5-6-21(18,19)10-13/h3-4,7,13H,5-6,8-10H2,1-2H3,(H,16,17). The molecule has 1 fully saturated rings. The Morgan fingerprint density at radius 2 is 2.14 bits per heavy atom. The van der Waals surface area contributed by atoms with E-state index in [9.17, 15) is 13.2 Å². The number of hydrogen-bond acceptors (Lipinski definition) is 4. The van der Waals surface area contributed by atoms with Crippen LogP contribution in [0.25, 0.3) is 0 Å². The smallest absolute Gasteiger partial charge is 0.257 e. The monoisotopic (exact) mass is 311 g/mol. The Morgan fingerprint density at radius 1 is 1.38 bits per heavy atom. The van der Waals surface area contributed by atoms with E-state index in [1.54, 1.807) is 0 Å². The first-order valence-electron chi connectivity index (χ1n) is 7.03. The van der Waals surface area contributed by atoms with Gasteiger partial charge in [0, 0.05) is 6.54 Å². The summed E-state index contributed by atoms with van der Waals surface area (Å²) in [6, 6.07) is 5.83. The van der Waals surface area contributed by atoms with Crippen LogP contribution in [0, 0.1) is 19.8 Å². The largest absolute Gasteiger partial charge is 0.483 e. The van der Waals surface area contributed by atoms with E-state index in [0.29, 0.717) is 18.7 Å². The lowest BCUT2D eigenvalue weighted by Gasteiger charge is -2.12. The predicted octanol–water partition coefficient (Wildman–Crippen LogP) is 1.23. The number of amides is 1. The van der Waals surface area contributed by atoms with Gasteiger partial charge in [-0.15, -0.1) is 0 Å². The summed E-state index contributed by atoms with van der Waals surface area (Å²) in [5.41, 5.74) is 2.06. The van der Waals surface area contributed by atoms with Crippen molar-refractivity contribution in [3.8, 4) is 5.75 Å². The third kappa shape index (κ3) is 4.74. The molecule has 1 N–H and O–H groups in total. The lowest BCUT2D eigenvalue weighted by molar-refractivity contribution is -0.123. The number of aryl methyl sites for hydroxylation is 2. The number of sulfone groups is 1. The Balaban J connectivity index is 1.76. The fourth-order valence-electron chi connectivity index (χ4n) is 2.35. The zero-order valence-corrected chi connectivity index (χ0v) is 13.2. The molecule has 0 aromatic heterocycles. The molecule has 0 aliphatic carbocycles. The molecular formula is C15H21NO4S. The minimum Gasteiger partial charge on any atom is -0.483 e. The van der Waals surface area contributed by atoms with Crippen molar-refractivity contribution in [3.05, 3.63) is 29.3 Å². The van der Waals surface area contributed by atoms with E-state index in [1.165, 1.54) is 0 Å². The van der Waals surface area contributed by atoms with Crippen molar-refractivity contribution in [2.45, 2.75) is 20.3 Å². The van der Waals surface area contributed by atoms with E-state index < -0.39 is 9.84 Å². The third-order valence-corrected chi connectivity index (χ3v) is 5.45. The summed E-state index contributed by atoms with van der Waals surface area (Å²) >= 11 is 0. The summed E-state index contributed by atoms with van der Waals surface area (Å²) in [6.07, 6.45) is 0.625. The molecule has 1 amide bonds. The van der Waals surface area contributed by atoms with Crippen LogP contribution in [0.4, 0.5) is 0 Å². The molecule has 1 unspecified atom stereocenters. The van der Waals surface area contributed by atoms with E-state index >= 15 is 0 Å². The fraction of sp³-hybridized carbons (Fsp3) is 0.533. The highest BCUT2D eigenvalue weighted by atomic mass is 32.2. The summed E-state index contributed by atoms with van der Waals surface area (Å²) in [6.45, 7) is 4.24. The van der Waals surface area contributed by atoms with Gasteiger partial charge in [-0.25, -0.2) is 8.42 Å². The molecule has 0 radical (unpaired) electrons. The van der Waals surface area contributed by atoms with E-state index in [1.807, 2.05) is 32.0 Å². The molecule has 0 saturated carbocycles. The van der Waals surface area contributed by atoms with E-state index in [0.717, 1.165) is 11.1 Å². The van der Waals surface area contributed by atoms with Crippen LogP contribution in [0.15, 0.2) is 18.2 Å². The molecule has 2 rings (SSSR count). The van der Waals surface area contributed by atoms with Crippen LogP contribution in [0.2, 0.25) is 0 Å². The fourth-order valence-corrected chi connectivity index (χ4v) is 4.21. The number of hydrogen-bond donors (Lipinski definition) is 1. The van der Waals surface area contributed by atoms with Crippen molar-refractivity contribution in [3.63, 3.8) is 0 Å². The molecule has 116 valence electrons. The Kier molecular flexibility index (Phi) is 4.88. The molecule has 1 atom stereocenters. The molecule has 1 aliphatic heterocycles. The first kappa shape index (κ1) is 15.8. The van der Waals surface area contributed by atoms with E-state index in [-0.39, 0.29) is 29.9 Å². The van der Waals surface area contributed by atoms with Gasteiger partial charge in [0.15, 0.2) is 16.4 Å². The van der Waals surface area contributed by atoms with E-state index in [2.05, 4.69) is 5.32 Å². The maximum Gasteiger partial charge on any atom is 0.257 e. The van der Waals surface area contributed by atoms with Crippen molar-refractivity contribution in [1.82, 2.24) is 5.32 Å². The van der Waals surface area contributed by atoms with Crippen LogP contribution in [-0.4, -0.2) is 39.0 Å². The second-order valence-electron chi connectivity index (χ2n) is 5.63. The van der Waals surface area contributed by atoms with Crippen LogP contribution in [0.3, 0.4) is 0 Å². The van der Waals surface area contributed by atoms with E-state index in [4.69, 9.17) is 4.74 Å². The Morgan fingerprint density at radius 3 is 2.81 bits per heavy atom. The summed E-state index contributed by atoms with van der Waals surface area (Å²) in [5.74, 6) is 0.908. The van der Waals surface area contributed by atoms with Crippen LogP contribution in [0.1, 0.15) is 17.5 Å². The Hall–Kier alpha value is -1.56. The highest BCUT2D eigenvalue weighted by Crippen LogP contribution is 2.19. The van der Waals surface area contributed by atoms with Gasteiger partial charge in [-0.3, -0.25) is 4.79 Å². The van der Waals surface area contributed by atoms with Crippen LogP contribution in [0.5, 0.6) is 5.75 Å². The summed E-state index contributed by atoms with van der Waals surface area (Å²) in [7, 11) is -2.89. The van der Waals surface area contributed by atoms with Gasteiger partial charge >= 0.3 is 0 Å². The molecule has 1 aliphatic rings. The topological polar surface area (TPSA) is 72.5 Å². The van der Waals surface area contributed by atoms with Gasteiger partial charge in [-0.05, 0) is 43.4 Å². The Bertz CT molecular complexity index is 625. The molecule has 1 saturated heterocycles. The van der Waals surface area contributed by atoms with Gasteiger partial charge in [0.1, 0.15) is 5.75 Å². The van der Waals surface area contributed by atoms with Crippen LogP contribution < -0.4 is 10.1 Å². The molecule has 5 nitrogen and oxygen atoms in total. The normalized spacial score (nSPS) is 20.2. The average Bonchev–Trinajstić information content (AvgIpc) is 2.77. The molecule has 0 spiro atoms.